The molecule has 0 aromatic heterocycles. The lowest BCUT2D eigenvalue weighted by atomic mass is 9.81. The molecule has 2 amide bonds. The minimum Gasteiger partial charge on any atom is -0.346 e. The van der Waals surface area contributed by atoms with Crippen LogP contribution in [0, 0.1) is 11.8 Å². The Morgan fingerprint density at radius 1 is 0.862 bits per heavy atom. The third kappa shape index (κ3) is 4.21. The van der Waals surface area contributed by atoms with Gasteiger partial charge in [0.05, 0.1) is 0 Å². The third-order valence-corrected chi connectivity index (χ3v) is 6.59. The lowest BCUT2D eigenvalue weighted by Gasteiger charge is -2.36. The van der Waals surface area contributed by atoms with Crippen molar-refractivity contribution < 1.29 is 9.59 Å². The molecule has 0 saturated carbocycles. The van der Waals surface area contributed by atoms with E-state index in [0.717, 1.165) is 68.4 Å². The molecule has 1 atom stereocenters. The van der Waals surface area contributed by atoms with Crippen molar-refractivity contribution in [3.8, 4) is 11.1 Å². The van der Waals surface area contributed by atoms with Gasteiger partial charge in [0.2, 0.25) is 5.91 Å². The summed E-state index contributed by atoms with van der Waals surface area (Å²) < 4.78 is 0. The number of likely N-dealkylation sites (tertiary alicyclic amines) is 2. The normalized spacial score (nSPS) is 21.1. The zero-order chi connectivity index (χ0) is 20.2. The molecule has 0 spiro atoms. The minimum absolute atomic E-state index is 0.104. The van der Waals surface area contributed by atoms with E-state index in [4.69, 9.17) is 0 Å². The Morgan fingerprint density at radius 2 is 1.55 bits per heavy atom. The number of carbonyl (C=O) groups excluding carboxylic acids is 2. The van der Waals surface area contributed by atoms with Gasteiger partial charge in [-0.1, -0.05) is 55.0 Å². The highest BCUT2D eigenvalue weighted by molar-refractivity contribution is 6.01. The average molecular weight is 391 g/mol. The van der Waals surface area contributed by atoms with Crippen molar-refractivity contribution in [1.29, 1.82) is 0 Å². The first-order valence-electron chi connectivity index (χ1n) is 10.8. The molecule has 2 heterocycles. The highest BCUT2D eigenvalue weighted by Gasteiger charge is 2.35. The predicted octanol–water partition coefficient (Wildman–Crippen LogP) is 4.46. The van der Waals surface area contributed by atoms with E-state index in [1.54, 1.807) is 0 Å². The van der Waals surface area contributed by atoms with Crippen molar-refractivity contribution in [2.75, 3.05) is 26.7 Å². The van der Waals surface area contributed by atoms with Gasteiger partial charge in [0, 0.05) is 38.2 Å². The topological polar surface area (TPSA) is 40.6 Å². The molecule has 0 unspecified atom stereocenters. The Bertz CT molecular complexity index is 856. The Labute approximate surface area is 173 Å². The van der Waals surface area contributed by atoms with Crippen molar-refractivity contribution >= 4 is 11.8 Å². The van der Waals surface area contributed by atoms with E-state index in [2.05, 4.69) is 0 Å². The fraction of sp³-hybridized carbons (Fsp3) is 0.440. The first-order valence-corrected chi connectivity index (χ1v) is 10.8. The molecule has 0 N–H and O–H groups in total. The van der Waals surface area contributed by atoms with Gasteiger partial charge in [-0.25, -0.2) is 0 Å². The van der Waals surface area contributed by atoms with E-state index in [-0.39, 0.29) is 11.8 Å². The first-order chi connectivity index (χ1) is 14.1. The number of benzene rings is 2. The molecule has 0 bridgehead atoms. The molecule has 2 fully saturated rings. The Balaban J connectivity index is 1.46. The maximum absolute atomic E-state index is 13.3. The van der Waals surface area contributed by atoms with Crippen LogP contribution in [0.15, 0.2) is 54.6 Å². The molecule has 2 aromatic carbocycles. The second-order valence-electron chi connectivity index (χ2n) is 8.40. The van der Waals surface area contributed by atoms with Gasteiger partial charge in [-0.15, -0.1) is 0 Å². The van der Waals surface area contributed by atoms with Crippen LogP contribution in [0.4, 0.5) is 0 Å². The Morgan fingerprint density at radius 3 is 2.31 bits per heavy atom. The zero-order valence-corrected chi connectivity index (χ0v) is 17.2. The molecule has 152 valence electrons. The van der Waals surface area contributed by atoms with Gasteiger partial charge in [0.15, 0.2) is 0 Å². The fourth-order valence-electron chi connectivity index (χ4n) is 4.88. The summed E-state index contributed by atoms with van der Waals surface area (Å²) in [6.45, 7) is 2.35. The summed E-state index contributed by atoms with van der Waals surface area (Å²) in [4.78, 5) is 29.9. The number of carbonyl (C=O) groups is 2. The smallest absolute Gasteiger partial charge is 0.254 e. The van der Waals surface area contributed by atoms with Crippen LogP contribution in [-0.4, -0.2) is 48.3 Å². The van der Waals surface area contributed by atoms with Crippen molar-refractivity contribution in [1.82, 2.24) is 9.80 Å². The minimum atomic E-state index is 0.104. The van der Waals surface area contributed by atoms with Gasteiger partial charge >= 0.3 is 0 Å². The van der Waals surface area contributed by atoms with Crippen LogP contribution in [0.2, 0.25) is 0 Å². The Hall–Kier alpha value is -2.62. The van der Waals surface area contributed by atoms with Crippen LogP contribution in [0.3, 0.4) is 0 Å². The predicted molar refractivity (Wildman–Crippen MR) is 115 cm³/mol. The van der Waals surface area contributed by atoms with Crippen molar-refractivity contribution in [2.24, 2.45) is 11.8 Å². The first kappa shape index (κ1) is 19.7. The SMILES string of the molecule is CN1CCCC[C@@H](C2CCN(C(=O)c3ccccc3-c3ccccc3)CC2)C1=O. The summed E-state index contributed by atoms with van der Waals surface area (Å²) >= 11 is 0. The number of nitrogens with zero attached hydrogens (tertiary/aromatic N) is 2. The molecule has 4 rings (SSSR count). The van der Waals surface area contributed by atoms with Crippen molar-refractivity contribution in [2.45, 2.75) is 32.1 Å². The molecule has 2 aliphatic heterocycles. The number of piperidine rings is 1. The van der Waals surface area contributed by atoms with Crippen LogP contribution in [0.25, 0.3) is 11.1 Å². The summed E-state index contributed by atoms with van der Waals surface area (Å²) in [5.41, 5.74) is 2.82. The van der Waals surface area contributed by atoms with Crippen molar-refractivity contribution in [3.63, 3.8) is 0 Å². The van der Waals surface area contributed by atoms with Crippen LogP contribution >= 0.6 is 0 Å². The van der Waals surface area contributed by atoms with Crippen LogP contribution in [0.5, 0.6) is 0 Å². The van der Waals surface area contributed by atoms with E-state index in [1.807, 2.05) is 71.4 Å². The summed E-state index contributed by atoms with van der Waals surface area (Å²) in [5.74, 6) is 0.946. The van der Waals surface area contributed by atoms with Crippen LogP contribution < -0.4 is 0 Å². The molecule has 2 aliphatic rings. The number of hydrogen-bond acceptors (Lipinski definition) is 2. The highest BCUT2D eigenvalue weighted by Crippen LogP contribution is 2.33. The summed E-state index contributed by atoms with van der Waals surface area (Å²) in [6, 6.07) is 18.0. The zero-order valence-electron chi connectivity index (χ0n) is 17.2. The largest absolute Gasteiger partial charge is 0.346 e. The molecular formula is C25H30N2O2. The second kappa shape index (κ2) is 8.81. The van der Waals surface area contributed by atoms with Gasteiger partial charge < -0.3 is 9.80 Å². The highest BCUT2D eigenvalue weighted by atomic mass is 16.2. The van der Waals surface area contributed by atoms with E-state index >= 15 is 0 Å². The van der Waals surface area contributed by atoms with Gasteiger partial charge in [0.25, 0.3) is 5.91 Å². The quantitative estimate of drug-likeness (QED) is 0.776. The molecule has 2 saturated heterocycles. The summed E-state index contributed by atoms with van der Waals surface area (Å²) in [6.07, 6.45) is 5.07. The third-order valence-electron chi connectivity index (χ3n) is 6.59. The number of rotatable bonds is 3. The van der Waals surface area contributed by atoms with Gasteiger partial charge in [-0.3, -0.25) is 9.59 Å². The second-order valence-corrected chi connectivity index (χ2v) is 8.40. The maximum Gasteiger partial charge on any atom is 0.254 e. The Kier molecular flexibility index (Phi) is 5.98. The fourth-order valence-corrected chi connectivity index (χ4v) is 4.88. The standard InChI is InChI=1S/C25H30N2O2/c1-26-16-8-7-12-22(24(26)28)20-14-17-27(18-15-20)25(29)23-13-6-5-11-21(23)19-9-3-2-4-10-19/h2-6,9-11,13,20,22H,7-8,12,14-18H2,1H3/t22-/m0/s1. The van der Waals surface area contributed by atoms with Crippen LogP contribution in [-0.2, 0) is 4.79 Å². The number of amides is 2. The lowest BCUT2D eigenvalue weighted by Crippen LogP contribution is -2.43. The van der Waals surface area contributed by atoms with Gasteiger partial charge in [-0.2, -0.15) is 0 Å². The monoisotopic (exact) mass is 390 g/mol. The number of hydrogen-bond donors (Lipinski definition) is 0. The summed E-state index contributed by atoms with van der Waals surface area (Å²) in [7, 11) is 1.93. The molecule has 0 radical (unpaired) electrons. The molecule has 4 nitrogen and oxygen atoms in total. The molecule has 29 heavy (non-hydrogen) atoms. The van der Waals surface area contributed by atoms with Crippen LogP contribution in [0.1, 0.15) is 42.5 Å². The molecule has 0 aliphatic carbocycles. The average Bonchev–Trinajstić information content (AvgIpc) is 2.95. The van der Waals surface area contributed by atoms with Gasteiger partial charge in [0.1, 0.15) is 0 Å². The molecule has 2 aromatic rings. The lowest BCUT2D eigenvalue weighted by molar-refractivity contribution is -0.135. The molecule has 4 heteroatoms. The molecular weight excluding hydrogens is 360 g/mol. The van der Waals surface area contributed by atoms with Crippen molar-refractivity contribution in [3.05, 3.63) is 60.2 Å². The van der Waals surface area contributed by atoms with E-state index in [9.17, 15) is 9.59 Å². The van der Waals surface area contributed by atoms with Gasteiger partial charge in [-0.05, 0) is 48.8 Å². The van der Waals surface area contributed by atoms with E-state index < -0.39 is 0 Å². The van der Waals surface area contributed by atoms with E-state index in [0.29, 0.717) is 11.8 Å². The van der Waals surface area contributed by atoms with E-state index in [1.165, 1.54) is 0 Å². The summed E-state index contributed by atoms with van der Waals surface area (Å²) in [5, 5.41) is 0. The maximum atomic E-state index is 13.3.